The van der Waals surface area contributed by atoms with Crippen LogP contribution in [0.15, 0.2) is 11.8 Å². The molecule has 4 nitrogen and oxygen atoms in total. The third kappa shape index (κ3) is 2.02. The molecule has 0 spiro atoms. The van der Waals surface area contributed by atoms with Crippen molar-refractivity contribution in [2.45, 2.75) is 18.6 Å². The number of hydrogen-bond acceptors (Lipinski definition) is 4. The van der Waals surface area contributed by atoms with E-state index >= 15 is 0 Å². The Morgan fingerprint density at radius 3 is 2.92 bits per heavy atom. The van der Waals surface area contributed by atoms with Gasteiger partial charge in [0, 0.05) is 6.42 Å². The van der Waals surface area contributed by atoms with E-state index in [0.29, 0.717) is 32.2 Å². The van der Waals surface area contributed by atoms with Crippen molar-refractivity contribution in [2.24, 2.45) is 0 Å². The van der Waals surface area contributed by atoms with E-state index in [0.717, 1.165) is 6.42 Å². The quantitative estimate of drug-likeness (QED) is 0.662. The highest BCUT2D eigenvalue weighted by atomic mass is 16.6. The maximum Gasteiger partial charge on any atom is 0.139 e. The van der Waals surface area contributed by atoms with Gasteiger partial charge in [-0.15, -0.1) is 0 Å². The first-order valence-electron chi connectivity index (χ1n) is 4.58. The molecule has 2 aliphatic rings. The summed E-state index contributed by atoms with van der Waals surface area (Å²) in [4.78, 5) is 0. The van der Waals surface area contributed by atoms with Crippen molar-refractivity contribution in [3.63, 3.8) is 0 Å². The second-order valence-electron chi connectivity index (χ2n) is 3.17. The Balaban J connectivity index is 1.90. The second kappa shape index (κ2) is 4.09. The average Bonchev–Trinajstić information content (AvgIpc) is 2.71. The van der Waals surface area contributed by atoms with E-state index < -0.39 is 6.10 Å². The van der Waals surface area contributed by atoms with E-state index in [1.807, 2.05) is 6.08 Å². The Bertz CT molecular complexity index is 196. The molecular formula is C9H14O4. The average molecular weight is 186 g/mol. The summed E-state index contributed by atoms with van der Waals surface area (Å²) in [5, 5.41) is 9.78. The number of hydrogen-bond donors (Lipinski definition) is 1. The highest BCUT2D eigenvalue weighted by Crippen LogP contribution is 2.19. The summed E-state index contributed by atoms with van der Waals surface area (Å²) in [6, 6.07) is 0. The third-order valence-corrected chi connectivity index (χ3v) is 2.22. The van der Waals surface area contributed by atoms with E-state index in [1.165, 1.54) is 0 Å². The van der Waals surface area contributed by atoms with Crippen LogP contribution in [0, 0.1) is 0 Å². The Morgan fingerprint density at radius 2 is 2.31 bits per heavy atom. The zero-order valence-corrected chi connectivity index (χ0v) is 7.44. The molecule has 1 saturated heterocycles. The number of aliphatic hydroxyl groups is 1. The number of aliphatic hydroxyl groups excluding tert-OH is 1. The molecule has 74 valence electrons. The second-order valence-corrected chi connectivity index (χ2v) is 3.17. The molecule has 0 bridgehead atoms. The Labute approximate surface area is 77.1 Å². The summed E-state index contributed by atoms with van der Waals surface area (Å²) in [5.74, 6) is 0.635. The van der Waals surface area contributed by atoms with Gasteiger partial charge in [0.05, 0.1) is 26.4 Å². The molecule has 0 aliphatic carbocycles. The van der Waals surface area contributed by atoms with E-state index in [2.05, 4.69) is 0 Å². The minimum atomic E-state index is -0.664. The van der Waals surface area contributed by atoms with Crippen molar-refractivity contribution in [1.29, 1.82) is 0 Å². The maximum atomic E-state index is 9.78. The molecular weight excluding hydrogens is 172 g/mol. The highest BCUT2D eigenvalue weighted by molar-refractivity contribution is 5.06. The van der Waals surface area contributed by atoms with Gasteiger partial charge in [-0.3, -0.25) is 0 Å². The molecule has 0 amide bonds. The minimum Gasteiger partial charge on any atom is -0.495 e. The predicted molar refractivity (Wildman–Crippen MR) is 45.2 cm³/mol. The van der Waals surface area contributed by atoms with Crippen LogP contribution in [0.1, 0.15) is 6.42 Å². The first kappa shape index (κ1) is 8.99. The summed E-state index contributed by atoms with van der Waals surface area (Å²) in [7, 11) is 0. The molecule has 1 N–H and O–H groups in total. The fourth-order valence-corrected chi connectivity index (χ4v) is 1.51. The van der Waals surface area contributed by atoms with Gasteiger partial charge in [0.25, 0.3) is 0 Å². The van der Waals surface area contributed by atoms with Crippen LogP contribution >= 0.6 is 0 Å². The van der Waals surface area contributed by atoms with Gasteiger partial charge in [0.1, 0.15) is 18.0 Å². The van der Waals surface area contributed by atoms with Gasteiger partial charge in [0.2, 0.25) is 0 Å². The van der Waals surface area contributed by atoms with Crippen LogP contribution in [0.2, 0.25) is 0 Å². The summed E-state index contributed by atoms with van der Waals surface area (Å²) < 4.78 is 15.8. The Kier molecular flexibility index (Phi) is 2.83. The summed E-state index contributed by atoms with van der Waals surface area (Å²) in [5.41, 5.74) is 0. The van der Waals surface area contributed by atoms with Crippen LogP contribution in [0.25, 0.3) is 0 Å². The Morgan fingerprint density at radius 1 is 1.38 bits per heavy atom. The lowest BCUT2D eigenvalue weighted by molar-refractivity contribution is -0.131. The Hall–Kier alpha value is -0.580. The topological polar surface area (TPSA) is 47.9 Å². The molecule has 0 aromatic carbocycles. The molecule has 0 aromatic rings. The molecule has 2 atom stereocenters. The van der Waals surface area contributed by atoms with Gasteiger partial charge in [-0.1, -0.05) is 0 Å². The molecule has 0 radical (unpaired) electrons. The molecule has 2 unspecified atom stereocenters. The van der Waals surface area contributed by atoms with Crippen molar-refractivity contribution < 1.29 is 19.3 Å². The number of rotatable bonds is 2. The van der Waals surface area contributed by atoms with Crippen molar-refractivity contribution in [1.82, 2.24) is 0 Å². The van der Waals surface area contributed by atoms with Gasteiger partial charge in [-0.2, -0.15) is 0 Å². The van der Waals surface area contributed by atoms with Crippen LogP contribution in [-0.4, -0.2) is 43.7 Å². The van der Waals surface area contributed by atoms with Crippen LogP contribution in [0.5, 0.6) is 0 Å². The van der Waals surface area contributed by atoms with Crippen LogP contribution in [-0.2, 0) is 14.2 Å². The first-order valence-corrected chi connectivity index (χ1v) is 4.58. The third-order valence-electron chi connectivity index (χ3n) is 2.22. The largest absolute Gasteiger partial charge is 0.495 e. The zero-order valence-electron chi connectivity index (χ0n) is 7.44. The summed E-state index contributed by atoms with van der Waals surface area (Å²) in [6.07, 6.45) is 1.85. The van der Waals surface area contributed by atoms with Gasteiger partial charge >= 0.3 is 0 Å². The highest BCUT2D eigenvalue weighted by Gasteiger charge is 2.28. The number of ether oxygens (including phenoxy) is 3. The van der Waals surface area contributed by atoms with E-state index in [-0.39, 0.29) is 6.10 Å². The lowest BCUT2D eigenvalue weighted by Crippen LogP contribution is -2.39. The fraction of sp³-hybridized carbons (Fsp3) is 0.778. The molecule has 2 rings (SSSR count). The van der Waals surface area contributed by atoms with Crippen molar-refractivity contribution in [2.75, 3.05) is 26.4 Å². The molecule has 0 saturated carbocycles. The van der Waals surface area contributed by atoms with Crippen molar-refractivity contribution >= 4 is 0 Å². The molecule has 2 aliphatic heterocycles. The minimum absolute atomic E-state index is 0.266. The molecule has 1 fully saturated rings. The summed E-state index contributed by atoms with van der Waals surface area (Å²) >= 11 is 0. The maximum absolute atomic E-state index is 9.78. The lowest BCUT2D eigenvalue weighted by Gasteiger charge is -2.27. The van der Waals surface area contributed by atoms with Crippen LogP contribution < -0.4 is 0 Å². The van der Waals surface area contributed by atoms with Gasteiger partial charge in [-0.05, 0) is 6.08 Å². The van der Waals surface area contributed by atoms with Crippen molar-refractivity contribution in [3.8, 4) is 0 Å². The summed E-state index contributed by atoms with van der Waals surface area (Å²) in [6.45, 7) is 2.28. The van der Waals surface area contributed by atoms with E-state index in [1.54, 1.807) is 0 Å². The van der Waals surface area contributed by atoms with Gasteiger partial charge in [0.15, 0.2) is 0 Å². The van der Waals surface area contributed by atoms with Gasteiger partial charge in [-0.25, -0.2) is 0 Å². The molecule has 0 aromatic heterocycles. The fourth-order valence-electron chi connectivity index (χ4n) is 1.51. The van der Waals surface area contributed by atoms with Crippen LogP contribution in [0.4, 0.5) is 0 Å². The van der Waals surface area contributed by atoms with Crippen molar-refractivity contribution in [3.05, 3.63) is 11.8 Å². The lowest BCUT2D eigenvalue weighted by atomic mass is 10.1. The van der Waals surface area contributed by atoms with Crippen LogP contribution in [0.3, 0.4) is 0 Å². The standard InChI is InChI=1S/C9H14O4/c10-9(7-2-1-3-12-7)8-6-11-4-5-13-8/h2,8-10H,1,3-6H2. The first-order chi connectivity index (χ1) is 6.38. The monoisotopic (exact) mass is 186 g/mol. The van der Waals surface area contributed by atoms with E-state index in [4.69, 9.17) is 14.2 Å². The normalized spacial score (nSPS) is 30.8. The predicted octanol–water partition coefficient (Wildman–Crippen LogP) is 0.0669. The molecule has 13 heavy (non-hydrogen) atoms. The smallest absolute Gasteiger partial charge is 0.139 e. The van der Waals surface area contributed by atoms with E-state index in [9.17, 15) is 5.11 Å². The molecule has 4 heteroatoms. The zero-order chi connectivity index (χ0) is 9.10. The van der Waals surface area contributed by atoms with Gasteiger partial charge < -0.3 is 19.3 Å². The SMILES string of the molecule is OC(C1=CCCO1)C1COCCO1. The molecule has 2 heterocycles.